The first-order valence-corrected chi connectivity index (χ1v) is 6.98. The third-order valence-electron chi connectivity index (χ3n) is 4.14. The molecular formula is C18H19NO. The Morgan fingerprint density at radius 1 is 1.00 bits per heavy atom. The van der Waals surface area contributed by atoms with Gasteiger partial charge in [0.1, 0.15) is 0 Å². The van der Waals surface area contributed by atoms with Crippen LogP contribution in [0.2, 0.25) is 0 Å². The average molecular weight is 265 g/mol. The second-order valence-electron chi connectivity index (χ2n) is 5.97. The molecule has 1 aliphatic heterocycles. The molecule has 2 nitrogen and oxygen atoms in total. The molecule has 0 unspecified atom stereocenters. The fraction of sp³-hybridized carbons (Fsp3) is 0.278. The Kier molecular flexibility index (Phi) is 2.89. The molecule has 0 spiro atoms. The van der Waals surface area contributed by atoms with Gasteiger partial charge in [0.15, 0.2) is 0 Å². The highest BCUT2D eigenvalue weighted by Crippen LogP contribution is 2.43. The van der Waals surface area contributed by atoms with E-state index < -0.39 is 5.41 Å². The molecule has 0 aliphatic carbocycles. The fourth-order valence-electron chi connectivity index (χ4n) is 2.99. The fourth-order valence-corrected chi connectivity index (χ4v) is 2.99. The number of carbonyl (C=O) groups excluding carboxylic acids is 1. The Labute approximate surface area is 120 Å². The molecule has 0 atom stereocenters. The van der Waals surface area contributed by atoms with Crippen LogP contribution in [0.1, 0.15) is 30.5 Å². The molecule has 1 heterocycles. The molecule has 1 aliphatic rings. The maximum Gasteiger partial charge on any atom is 0.237 e. The number of anilines is 1. The molecular weight excluding hydrogens is 246 g/mol. The van der Waals surface area contributed by atoms with Crippen LogP contribution >= 0.6 is 0 Å². The van der Waals surface area contributed by atoms with Gasteiger partial charge in [-0.15, -0.1) is 0 Å². The number of nitrogens with zero attached hydrogens (tertiary/aromatic N) is 1. The predicted molar refractivity (Wildman–Crippen MR) is 81.8 cm³/mol. The summed E-state index contributed by atoms with van der Waals surface area (Å²) >= 11 is 0. The standard InChI is InChI=1S/C18H19NO/c1-13-8-7-11-15-16(13)19(17(20)18(15,2)3)12-14-9-5-4-6-10-14/h4-11H,12H2,1-3H3. The lowest BCUT2D eigenvalue weighted by Crippen LogP contribution is -2.35. The van der Waals surface area contributed by atoms with Gasteiger partial charge in [0.2, 0.25) is 5.91 Å². The molecule has 2 heteroatoms. The van der Waals surface area contributed by atoms with Gasteiger partial charge in [0.05, 0.1) is 17.6 Å². The Morgan fingerprint density at radius 2 is 1.70 bits per heavy atom. The van der Waals surface area contributed by atoms with Crippen molar-refractivity contribution in [3.8, 4) is 0 Å². The van der Waals surface area contributed by atoms with Crippen LogP contribution in [0, 0.1) is 6.92 Å². The van der Waals surface area contributed by atoms with Crippen molar-refractivity contribution in [3.63, 3.8) is 0 Å². The summed E-state index contributed by atoms with van der Waals surface area (Å²) < 4.78 is 0. The minimum absolute atomic E-state index is 0.186. The van der Waals surface area contributed by atoms with Crippen LogP contribution in [0.15, 0.2) is 48.5 Å². The van der Waals surface area contributed by atoms with Gasteiger partial charge in [-0.1, -0.05) is 48.5 Å². The van der Waals surface area contributed by atoms with Crippen molar-refractivity contribution in [1.82, 2.24) is 0 Å². The van der Waals surface area contributed by atoms with E-state index in [1.807, 2.05) is 43.0 Å². The first kappa shape index (κ1) is 12.9. The molecule has 102 valence electrons. The zero-order valence-electron chi connectivity index (χ0n) is 12.2. The third kappa shape index (κ3) is 1.83. The molecule has 1 amide bonds. The first-order chi connectivity index (χ1) is 9.51. The van der Waals surface area contributed by atoms with E-state index >= 15 is 0 Å². The van der Waals surface area contributed by atoms with E-state index in [1.54, 1.807) is 0 Å². The second kappa shape index (κ2) is 4.48. The van der Waals surface area contributed by atoms with Gasteiger partial charge in [-0.3, -0.25) is 4.79 Å². The number of carbonyl (C=O) groups is 1. The molecule has 0 aromatic heterocycles. The van der Waals surface area contributed by atoms with E-state index in [0.717, 1.165) is 22.4 Å². The highest BCUT2D eigenvalue weighted by Gasteiger charge is 2.44. The number of fused-ring (bicyclic) bond motifs is 1. The van der Waals surface area contributed by atoms with Crippen molar-refractivity contribution >= 4 is 11.6 Å². The van der Waals surface area contributed by atoms with Gasteiger partial charge in [0, 0.05) is 0 Å². The molecule has 0 N–H and O–H groups in total. The van der Waals surface area contributed by atoms with Crippen molar-refractivity contribution in [1.29, 1.82) is 0 Å². The summed E-state index contributed by atoms with van der Waals surface area (Å²) in [5.74, 6) is 0.186. The van der Waals surface area contributed by atoms with Crippen molar-refractivity contribution in [2.45, 2.75) is 32.7 Å². The highest BCUT2D eigenvalue weighted by molar-refractivity contribution is 6.08. The largest absolute Gasteiger partial charge is 0.307 e. The van der Waals surface area contributed by atoms with E-state index in [9.17, 15) is 4.79 Å². The van der Waals surface area contributed by atoms with Crippen molar-refractivity contribution in [3.05, 3.63) is 65.2 Å². The Morgan fingerprint density at radius 3 is 2.40 bits per heavy atom. The van der Waals surface area contributed by atoms with E-state index in [1.165, 1.54) is 0 Å². The van der Waals surface area contributed by atoms with Crippen LogP contribution in [-0.4, -0.2) is 5.91 Å². The SMILES string of the molecule is Cc1cccc2c1N(Cc1ccccc1)C(=O)C2(C)C. The van der Waals surface area contributed by atoms with Crippen LogP contribution in [0.4, 0.5) is 5.69 Å². The summed E-state index contributed by atoms with van der Waals surface area (Å²) in [4.78, 5) is 14.7. The van der Waals surface area contributed by atoms with Gasteiger partial charge in [-0.2, -0.15) is 0 Å². The van der Waals surface area contributed by atoms with Crippen LogP contribution < -0.4 is 4.90 Å². The molecule has 0 fully saturated rings. The molecule has 3 rings (SSSR count). The summed E-state index contributed by atoms with van der Waals surface area (Å²) in [5, 5.41) is 0. The number of hydrogen-bond acceptors (Lipinski definition) is 1. The number of rotatable bonds is 2. The monoisotopic (exact) mass is 265 g/mol. The average Bonchev–Trinajstić information content (AvgIpc) is 2.63. The minimum atomic E-state index is -0.434. The Balaban J connectivity index is 2.08. The molecule has 0 radical (unpaired) electrons. The number of para-hydroxylation sites is 1. The molecule has 20 heavy (non-hydrogen) atoms. The summed E-state index contributed by atoms with van der Waals surface area (Å²) in [6.45, 7) is 6.74. The van der Waals surface area contributed by atoms with Crippen molar-refractivity contribution < 1.29 is 4.79 Å². The maximum absolute atomic E-state index is 12.8. The Bertz CT molecular complexity index is 658. The van der Waals surface area contributed by atoms with Gasteiger partial charge in [-0.25, -0.2) is 0 Å². The Hall–Kier alpha value is -2.09. The quantitative estimate of drug-likeness (QED) is 0.808. The zero-order chi connectivity index (χ0) is 14.3. The lowest BCUT2D eigenvalue weighted by Gasteiger charge is -2.21. The number of hydrogen-bond donors (Lipinski definition) is 0. The molecule has 0 saturated heterocycles. The number of benzene rings is 2. The van der Waals surface area contributed by atoms with Gasteiger partial charge >= 0.3 is 0 Å². The lowest BCUT2D eigenvalue weighted by atomic mass is 9.85. The summed E-state index contributed by atoms with van der Waals surface area (Å²) in [7, 11) is 0. The van der Waals surface area contributed by atoms with Gasteiger partial charge < -0.3 is 4.90 Å². The van der Waals surface area contributed by atoms with E-state index in [4.69, 9.17) is 0 Å². The molecule has 2 aromatic rings. The molecule has 2 aromatic carbocycles. The summed E-state index contributed by atoms with van der Waals surface area (Å²) in [6.07, 6.45) is 0. The van der Waals surface area contributed by atoms with E-state index in [0.29, 0.717) is 6.54 Å². The van der Waals surface area contributed by atoms with Gasteiger partial charge in [-0.05, 0) is 37.5 Å². The summed E-state index contributed by atoms with van der Waals surface area (Å²) in [5.41, 5.74) is 4.12. The van der Waals surface area contributed by atoms with Crippen LogP contribution in [0.3, 0.4) is 0 Å². The van der Waals surface area contributed by atoms with Crippen molar-refractivity contribution in [2.24, 2.45) is 0 Å². The van der Waals surface area contributed by atoms with Crippen LogP contribution in [0.25, 0.3) is 0 Å². The normalized spacial score (nSPS) is 16.4. The number of aryl methyl sites for hydroxylation is 1. The van der Waals surface area contributed by atoms with Gasteiger partial charge in [0.25, 0.3) is 0 Å². The highest BCUT2D eigenvalue weighted by atomic mass is 16.2. The van der Waals surface area contributed by atoms with Crippen LogP contribution in [-0.2, 0) is 16.8 Å². The smallest absolute Gasteiger partial charge is 0.237 e. The molecule has 0 bridgehead atoms. The topological polar surface area (TPSA) is 20.3 Å². The summed E-state index contributed by atoms with van der Waals surface area (Å²) in [6, 6.07) is 16.3. The van der Waals surface area contributed by atoms with Crippen molar-refractivity contribution in [2.75, 3.05) is 4.90 Å². The third-order valence-corrected chi connectivity index (χ3v) is 4.14. The molecule has 0 saturated carbocycles. The van der Waals surface area contributed by atoms with Crippen LogP contribution in [0.5, 0.6) is 0 Å². The first-order valence-electron chi connectivity index (χ1n) is 6.98. The zero-order valence-corrected chi connectivity index (χ0v) is 12.2. The second-order valence-corrected chi connectivity index (χ2v) is 5.97. The predicted octanol–water partition coefficient (Wildman–Crippen LogP) is 3.82. The minimum Gasteiger partial charge on any atom is -0.307 e. The van der Waals surface area contributed by atoms with E-state index in [-0.39, 0.29) is 5.91 Å². The lowest BCUT2D eigenvalue weighted by molar-refractivity contribution is -0.122. The maximum atomic E-state index is 12.8. The van der Waals surface area contributed by atoms with E-state index in [2.05, 4.69) is 31.2 Å². The number of amides is 1.